The molecule has 0 saturated heterocycles. The summed E-state index contributed by atoms with van der Waals surface area (Å²) in [6.07, 6.45) is 3.21. The summed E-state index contributed by atoms with van der Waals surface area (Å²) in [6, 6.07) is 7.54. The van der Waals surface area contributed by atoms with E-state index in [-0.39, 0.29) is 11.6 Å². The zero-order valence-corrected chi connectivity index (χ0v) is 11.2. The topological polar surface area (TPSA) is 95.0 Å². The van der Waals surface area contributed by atoms with Gasteiger partial charge in [0.1, 0.15) is 0 Å². The number of aromatic nitrogens is 3. The zero-order valence-electron chi connectivity index (χ0n) is 10.4. The maximum absolute atomic E-state index is 10.8. The van der Waals surface area contributed by atoms with Crippen LogP contribution in [0, 0.1) is 10.1 Å². The molecule has 104 valence electrons. The summed E-state index contributed by atoms with van der Waals surface area (Å²) in [4.78, 5) is 18.4. The number of rotatable bonds is 3. The molecule has 1 aromatic carbocycles. The van der Waals surface area contributed by atoms with E-state index in [0.29, 0.717) is 22.0 Å². The fourth-order valence-electron chi connectivity index (χ4n) is 1.74. The number of nitro groups is 1. The average molecular weight is 303 g/mol. The SMILES string of the molecule is O=[N+]([O-])c1ccc(Cl)c(-c2nc(-c3cccnc3)no2)c1. The summed E-state index contributed by atoms with van der Waals surface area (Å²) in [5.74, 6) is 0.447. The van der Waals surface area contributed by atoms with Gasteiger partial charge in [-0.1, -0.05) is 16.8 Å². The van der Waals surface area contributed by atoms with Gasteiger partial charge in [-0.05, 0) is 18.2 Å². The molecule has 0 bridgehead atoms. The molecule has 0 aliphatic heterocycles. The van der Waals surface area contributed by atoms with Gasteiger partial charge in [0.05, 0.1) is 15.5 Å². The van der Waals surface area contributed by atoms with Gasteiger partial charge >= 0.3 is 0 Å². The first kappa shape index (κ1) is 13.2. The van der Waals surface area contributed by atoms with E-state index in [1.54, 1.807) is 24.5 Å². The van der Waals surface area contributed by atoms with E-state index in [1.165, 1.54) is 18.2 Å². The third-order valence-electron chi connectivity index (χ3n) is 2.74. The van der Waals surface area contributed by atoms with Crippen LogP contribution in [0.25, 0.3) is 22.8 Å². The van der Waals surface area contributed by atoms with Crippen molar-refractivity contribution in [3.63, 3.8) is 0 Å². The van der Waals surface area contributed by atoms with Crippen LogP contribution in [0.5, 0.6) is 0 Å². The Labute approximate surface area is 123 Å². The van der Waals surface area contributed by atoms with Crippen molar-refractivity contribution in [1.82, 2.24) is 15.1 Å². The van der Waals surface area contributed by atoms with Gasteiger partial charge in [0, 0.05) is 30.1 Å². The van der Waals surface area contributed by atoms with Crippen molar-refractivity contribution < 1.29 is 9.45 Å². The van der Waals surface area contributed by atoms with Gasteiger partial charge in [0.2, 0.25) is 5.82 Å². The van der Waals surface area contributed by atoms with Gasteiger partial charge in [-0.3, -0.25) is 15.1 Å². The summed E-state index contributed by atoms with van der Waals surface area (Å²) in [5, 5.41) is 14.9. The predicted octanol–water partition coefficient (Wildman–Crippen LogP) is 3.36. The number of pyridine rings is 1. The lowest BCUT2D eigenvalue weighted by Gasteiger charge is -1.98. The van der Waals surface area contributed by atoms with Gasteiger partial charge in [-0.2, -0.15) is 4.98 Å². The van der Waals surface area contributed by atoms with Crippen LogP contribution in [0.1, 0.15) is 0 Å². The third-order valence-corrected chi connectivity index (χ3v) is 3.07. The lowest BCUT2D eigenvalue weighted by Crippen LogP contribution is -1.89. The Morgan fingerprint density at radius 2 is 2.14 bits per heavy atom. The molecule has 0 atom stereocenters. The van der Waals surface area contributed by atoms with Crippen LogP contribution in [-0.2, 0) is 0 Å². The molecule has 0 unspecified atom stereocenters. The number of hydrogen-bond donors (Lipinski definition) is 0. The van der Waals surface area contributed by atoms with E-state index in [4.69, 9.17) is 16.1 Å². The summed E-state index contributed by atoms with van der Waals surface area (Å²) < 4.78 is 5.12. The molecule has 21 heavy (non-hydrogen) atoms. The van der Waals surface area contributed by atoms with Crippen molar-refractivity contribution in [2.75, 3.05) is 0 Å². The monoisotopic (exact) mass is 302 g/mol. The summed E-state index contributed by atoms with van der Waals surface area (Å²) in [6.45, 7) is 0. The quantitative estimate of drug-likeness (QED) is 0.544. The third kappa shape index (κ3) is 2.59. The van der Waals surface area contributed by atoms with Gasteiger partial charge < -0.3 is 4.52 Å². The van der Waals surface area contributed by atoms with Gasteiger partial charge in [-0.25, -0.2) is 0 Å². The second-order valence-electron chi connectivity index (χ2n) is 4.09. The zero-order chi connectivity index (χ0) is 14.8. The molecule has 0 radical (unpaired) electrons. The van der Waals surface area contributed by atoms with Crippen molar-refractivity contribution in [1.29, 1.82) is 0 Å². The van der Waals surface area contributed by atoms with E-state index in [2.05, 4.69) is 15.1 Å². The molecule has 0 amide bonds. The lowest BCUT2D eigenvalue weighted by molar-refractivity contribution is -0.384. The maximum Gasteiger partial charge on any atom is 0.270 e. The van der Waals surface area contributed by atoms with Crippen LogP contribution in [0.15, 0.2) is 47.2 Å². The van der Waals surface area contributed by atoms with Gasteiger partial charge in [0.15, 0.2) is 0 Å². The Morgan fingerprint density at radius 3 is 2.86 bits per heavy atom. The minimum absolute atomic E-state index is 0.101. The molecule has 0 saturated carbocycles. The average Bonchev–Trinajstić information content (AvgIpc) is 2.98. The minimum Gasteiger partial charge on any atom is -0.334 e. The molecule has 0 aliphatic carbocycles. The Morgan fingerprint density at radius 1 is 1.29 bits per heavy atom. The molecule has 8 heteroatoms. The Kier molecular flexibility index (Phi) is 3.33. The minimum atomic E-state index is -0.516. The molecule has 0 fully saturated rings. The molecule has 0 aliphatic rings. The maximum atomic E-state index is 10.8. The molecule has 0 spiro atoms. The molecule has 2 aromatic heterocycles. The summed E-state index contributed by atoms with van der Waals surface area (Å²) in [7, 11) is 0. The van der Waals surface area contributed by atoms with Crippen molar-refractivity contribution in [3.8, 4) is 22.8 Å². The molecule has 2 heterocycles. The van der Waals surface area contributed by atoms with Crippen LogP contribution in [-0.4, -0.2) is 20.0 Å². The number of halogens is 1. The van der Waals surface area contributed by atoms with Crippen LogP contribution in [0.2, 0.25) is 5.02 Å². The first-order valence-corrected chi connectivity index (χ1v) is 6.21. The highest BCUT2D eigenvalue weighted by atomic mass is 35.5. The highest BCUT2D eigenvalue weighted by Gasteiger charge is 2.17. The van der Waals surface area contributed by atoms with E-state index in [1.807, 2.05) is 0 Å². The number of benzene rings is 1. The standard InChI is InChI=1S/C13H7ClN4O3/c14-11-4-3-9(18(19)20)6-10(11)13-16-12(17-21-13)8-2-1-5-15-7-8/h1-7H. The first-order chi connectivity index (χ1) is 10.1. The molecule has 7 nitrogen and oxygen atoms in total. The number of hydrogen-bond acceptors (Lipinski definition) is 6. The fourth-order valence-corrected chi connectivity index (χ4v) is 1.93. The molecular weight excluding hydrogens is 296 g/mol. The van der Waals surface area contributed by atoms with Crippen LogP contribution < -0.4 is 0 Å². The highest BCUT2D eigenvalue weighted by Crippen LogP contribution is 2.31. The highest BCUT2D eigenvalue weighted by molar-refractivity contribution is 6.33. The van der Waals surface area contributed by atoms with Gasteiger partial charge in [0.25, 0.3) is 11.6 Å². The number of nitrogens with zero attached hydrogens (tertiary/aromatic N) is 4. The van der Waals surface area contributed by atoms with E-state index in [0.717, 1.165) is 0 Å². The Bertz CT molecular complexity index is 804. The van der Waals surface area contributed by atoms with Gasteiger partial charge in [-0.15, -0.1) is 0 Å². The second kappa shape index (κ2) is 5.29. The van der Waals surface area contributed by atoms with Crippen molar-refractivity contribution in [3.05, 3.63) is 57.9 Å². The van der Waals surface area contributed by atoms with E-state index >= 15 is 0 Å². The van der Waals surface area contributed by atoms with Crippen LogP contribution >= 0.6 is 11.6 Å². The van der Waals surface area contributed by atoms with Crippen molar-refractivity contribution in [2.24, 2.45) is 0 Å². The van der Waals surface area contributed by atoms with Crippen molar-refractivity contribution in [2.45, 2.75) is 0 Å². The van der Waals surface area contributed by atoms with Crippen molar-refractivity contribution >= 4 is 17.3 Å². The summed E-state index contributed by atoms with van der Waals surface area (Å²) >= 11 is 6.03. The second-order valence-corrected chi connectivity index (χ2v) is 4.49. The number of non-ortho nitro benzene ring substituents is 1. The number of nitro benzene ring substituents is 1. The molecular formula is C13H7ClN4O3. The summed E-state index contributed by atoms with van der Waals surface area (Å²) in [5.41, 5.74) is 0.887. The van der Waals surface area contributed by atoms with Crippen LogP contribution in [0.3, 0.4) is 0 Å². The normalized spacial score (nSPS) is 10.5. The molecule has 3 rings (SSSR count). The van der Waals surface area contributed by atoms with E-state index < -0.39 is 4.92 Å². The molecule has 3 aromatic rings. The predicted molar refractivity (Wildman–Crippen MR) is 74.6 cm³/mol. The molecule has 0 N–H and O–H groups in total. The Hall–Kier alpha value is -2.80. The largest absolute Gasteiger partial charge is 0.334 e. The van der Waals surface area contributed by atoms with E-state index in [9.17, 15) is 10.1 Å². The smallest absolute Gasteiger partial charge is 0.270 e. The first-order valence-electron chi connectivity index (χ1n) is 5.83. The van der Waals surface area contributed by atoms with Crippen LogP contribution in [0.4, 0.5) is 5.69 Å². The fraction of sp³-hybridized carbons (Fsp3) is 0. The Balaban J connectivity index is 2.04. The lowest BCUT2D eigenvalue weighted by atomic mass is 10.2.